The predicted octanol–water partition coefficient (Wildman–Crippen LogP) is 4.09. The van der Waals surface area contributed by atoms with Gasteiger partial charge in [0.15, 0.2) is 5.76 Å². The molecule has 1 unspecified atom stereocenters. The molecule has 0 radical (unpaired) electrons. The maximum atomic E-state index is 11.0. The number of ether oxygens (including phenoxy) is 1. The van der Waals surface area contributed by atoms with Gasteiger partial charge in [0.2, 0.25) is 0 Å². The van der Waals surface area contributed by atoms with Crippen LogP contribution in [0.25, 0.3) is 22.2 Å². The van der Waals surface area contributed by atoms with Crippen molar-refractivity contribution < 1.29 is 19.2 Å². The average molecular weight is 353 g/mol. The first-order valence-electron chi connectivity index (χ1n) is 8.04. The van der Waals surface area contributed by atoms with E-state index in [1.807, 2.05) is 31.2 Å². The lowest BCUT2D eigenvalue weighted by atomic mass is 10.0. The van der Waals surface area contributed by atoms with Crippen molar-refractivity contribution in [2.45, 2.75) is 19.4 Å². The van der Waals surface area contributed by atoms with E-state index < -0.39 is 12.1 Å². The second-order valence-corrected chi connectivity index (χ2v) is 5.84. The zero-order chi connectivity index (χ0) is 18.7. The van der Waals surface area contributed by atoms with Gasteiger partial charge in [-0.3, -0.25) is 4.98 Å². The van der Waals surface area contributed by atoms with Crippen LogP contribution in [0.3, 0.4) is 0 Å². The second-order valence-electron chi connectivity index (χ2n) is 5.84. The van der Waals surface area contributed by atoms with Gasteiger partial charge in [-0.2, -0.15) is 0 Å². The Hall–Kier alpha value is -3.35. The normalized spacial score (nSPS) is 11.9. The average Bonchev–Trinajstić information content (AvgIpc) is 3.09. The quantitative estimate of drug-likeness (QED) is 0.648. The highest BCUT2D eigenvalue weighted by Crippen LogP contribution is 2.35. The van der Waals surface area contributed by atoms with Crippen LogP contribution in [-0.4, -0.2) is 28.5 Å². The summed E-state index contributed by atoms with van der Waals surface area (Å²) in [5, 5.41) is 16.4. The molecule has 0 fully saturated rings. The lowest BCUT2D eigenvalue weighted by Gasteiger charge is -2.11. The van der Waals surface area contributed by atoms with E-state index in [0.29, 0.717) is 23.6 Å². The third-order valence-corrected chi connectivity index (χ3v) is 4.00. The number of nitrogens with zero attached hydrogens (tertiary/aromatic N) is 2. The Bertz CT molecular complexity index is 965. The highest BCUT2D eigenvalue weighted by atomic mass is 16.5. The minimum Gasteiger partial charge on any atom is -0.496 e. The van der Waals surface area contributed by atoms with Crippen molar-refractivity contribution in [2.24, 2.45) is 0 Å². The molecule has 7 nitrogen and oxygen atoms in total. The van der Waals surface area contributed by atoms with E-state index in [0.717, 1.165) is 22.2 Å². The maximum absolute atomic E-state index is 11.0. The Balaban J connectivity index is 2.03. The molecule has 3 aromatic rings. The first kappa shape index (κ1) is 17.5. The van der Waals surface area contributed by atoms with Crippen LogP contribution in [-0.2, 0) is 0 Å². The molecule has 0 aliphatic heterocycles. The van der Waals surface area contributed by atoms with Crippen LogP contribution in [0.2, 0.25) is 0 Å². The summed E-state index contributed by atoms with van der Waals surface area (Å²) in [7, 11) is 1.57. The van der Waals surface area contributed by atoms with Crippen LogP contribution in [0, 0.1) is 6.92 Å². The molecule has 0 spiro atoms. The van der Waals surface area contributed by atoms with Gasteiger partial charge in [0.1, 0.15) is 11.4 Å². The van der Waals surface area contributed by atoms with Gasteiger partial charge in [-0.25, -0.2) is 4.79 Å². The molecule has 2 aromatic heterocycles. The summed E-state index contributed by atoms with van der Waals surface area (Å²) in [5.41, 5.74) is 2.94. The molecule has 1 atom stereocenters. The van der Waals surface area contributed by atoms with Gasteiger partial charge in [0.25, 0.3) is 0 Å². The number of aryl methyl sites for hydroxylation is 1. The first-order chi connectivity index (χ1) is 12.5. The number of methoxy groups -OCH3 is 1. The Labute approximate surface area is 150 Å². The molecule has 0 saturated heterocycles. The minimum absolute atomic E-state index is 0.399. The van der Waals surface area contributed by atoms with E-state index in [1.54, 1.807) is 19.3 Å². The maximum Gasteiger partial charge on any atom is 0.405 e. The number of nitrogens with one attached hydrogen (secondary N) is 1. The number of carbonyl (C=O) groups is 1. The summed E-state index contributed by atoms with van der Waals surface area (Å²) in [5.74, 6) is 1.09. The molecular formula is C19H19N3O4. The van der Waals surface area contributed by atoms with Gasteiger partial charge < -0.3 is 19.7 Å². The van der Waals surface area contributed by atoms with E-state index in [2.05, 4.69) is 22.0 Å². The zero-order valence-electron chi connectivity index (χ0n) is 14.5. The van der Waals surface area contributed by atoms with Gasteiger partial charge in [-0.1, -0.05) is 17.3 Å². The molecule has 1 amide bonds. The molecule has 0 bridgehead atoms. The molecule has 0 aliphatic rings. The van der Waals surface area contributed by atoms with Crippen molar-refractivity contribution in [2.75, 3.05) is 7.11 Å². The number of hydrogen-bond acceptors (Lipinski definition) is 5. The number of aromatic nitrogens is 2. The van der Waals surface area contributed by atoms with Crippen LogP contribution >= 0.6 is 0 Å². The summed E-state index contributed by atoms with van der Waals surface area (Å²) in [6.45, 7) is 5.58. The molecule has 2 N–H and O–H groups in total. The van der Waals surface area contributed by atoms with Crippen LogP contribution < -0.4 is 10.1 Å². The number of rotatable bonds is 6. The van der Waals surface area contributed by atoms with Crippen LogP contribution in [0.5, 0.6) is 5.75 Å². The van der Waals surface area contributed by atoms with Crippen LogP contribution in [0.4, 0.5) is 4.79 Å². The monoisotopic (exact) mass is 353 g/mol. The van der Waals surface area contributed by atoms with Gasteiger partial charge in [-0.15, -0.1) is 6.58 Å². The van der Waals surface area contributed by atoms with Gasteiger partial charge >= 0.3 is 6.09 Å². The summed E-state index contributed by atoms with van der Waals surface area (Å²) >= 11 is 0. The van der Waals surface area contributed by atoms with E-state index in [-0.39, 0.29) is 0 Å². The Morgan fingerprint density at radius 2 is 2.23 bits per heavy atom. The molecule has 1 aromatic carbocycles. The molecule has 0 aliphatic carbocycles. The fourth-order valence-corrected chi connectivity index (χ4v) is 2.76. The topological polar surface area (TPSA) is 97.5 Å². The van der Waals surface area contributed by atoms with E-state index in [1.165, 1.54) is 0 Å². The van der Waals surface area contributed by atoms with Crippen molar-refractivity contribution in [1.29, 1.82) is 0 Å². The summed E-state index contributed by atoms with van der Waals surface area (Å²) in [6.07, 6.45) is 0.890. The van der Waals surface area contributed by atoms with Crippen molar-refractivity contribution in [3.05, 3.63) is 54.4 Å². The Kier molecular flexibility index (Phi) is 4.88. The Morgan fingerprint density at radius 1 is 1.42 bits per heavy atom. The summed E-state index contributed by atoms with van der Waals surface area (Å²) in [4.78, 5) is 15.5. The molecule has 2 heterocycles. The third kappa shape index (κ3) is 3.51. The largest absolute Gasteiger partial charge is 0.496 e. The number of pyridine rings is 1. The van der Waals surface area contributed by atoms with E-state index >= 15 is 0 Å². The van der Waals surface area contributed by atoms with Crippen molar-refractivity contribution in [3.8, 4) is 17.1 Å². The standard InChI is InChI=1S/C19H19N3O4/c1-4-5-14(21-19(23)24)16-10-18(26-22-16)13-8-12-7-6-11(2)20-15(12)9-17(13)25-3/h4,6-10,14,21H,1,5H2,2-3H3,(H,23,24). The number of carboxylic acid groups (broad SMARTS) is 1. The first-order valence-corrected chi connectivity index (χ1v) is 8.04. The lowest BCUT2D eigenvalue weighted by Crippen LogP contribution is -2.26. The fourth-order valence-electron chi connectivity index (χ4n) is 2.76. The number of amides is 1. The minimum atomic E-state index is -1.13. The zero-order valence-corrected chi connectivity index (χ0v) is 14.5. The lowest BCUT2D eigenvalue weighted by molar-refractivity contribution is 0.189. The molecule has 7 heteroatoms. The molecule has 0 saturated carbocycles. The predicted molar refractivity (Wildman–Crippen MR) is 97.2 cm³/mol. The summed E-state index contributed by atoms with van der Waals surface area (Å²) < 4.78 is 10.9. The highest BCUT2D eigenvalue weighted by molar-refractivity contribution is 5.87. The van der Waals surface area contributed by atoms with Crippen molar-refractivity contribution in [1.82, 2.24) is 15.5 Å². The summed E-state index contributed by atoms with van der Waals surface area (Å²) in [6, 6.07) is 8.84. The molecular weight excluding hydrogens is 334 g/mol. The smallest absolute Gasteiger partial charge is 0.405 e. The number of fused-ring (bicyclic) bond motifs is 1. The van der Waals surface area contributed by atoms with Gasteiger partial charge in [-0.05, 0) is 25.5 Å². The van der Waals surface area contributed by atoms with E-state index in [9.17, 15) is 4.79 Å². The van der Waals surface area contributed by atoms with Crippen LogP contribution in [0.15, 0.2) is 47.5 Å². The van der Waals surface area contributed by atoms with Gasteiger partial charge in [0, 0.05) is 23.2 Å². The number of benzene rings is 1. The van der Waals surface area contributed by atoms with Crippen molar-refractivity contribution >= 4 is 17.0 Å². The molecule has 134 valence electrons. The molecule has 26 heavy (non-hydrogen) atoms. The third-order valence-electron chi connectivity index (χ3n) is 4.00. The SMILES string of the molecule is C=CCC(NC(=O)O)c1cc(-c2cc3ccc(C)nc3cc2OC)on1. The molecule has 3 rings (SSSR count). The van der Waals surface area contributed by atoms with E-state index in [4.69, 9.17) is 14.4 Å². The highest BCUT2D eigenvalue weighted by Gasteiger charge is 2.20. The second kappa shape index (κ2) is 7.26. The van der Waals surface area contributed by atoms with Crippen molar-refractivity contribution in [3.63, 3.8) is 0 Å². The Morgan fingerprint density at radius 3 is 2.92 bits per heavy atom. The van der Waals surface area contributed by atoms with Gasteiger partial charge in [0.05, 0.1) is 24.2 Å². The number of hydrogen-bond donors (Lipinski definition) is 2. The fraction of sp³-hybridized carbons (Fsp3) is 0.211. The van der Waals surface area contributed by atoms with Crippen LogP contribution in [0.1, 0.15) is 23.9 Å².